The SMILES string of the molecule is COc1ccc(Cc2nnc(SCC#Cc3ccccc3)o2)cc1. The molecular formula is C19H16N2O2S. The van der Waals surface area contributed by atoms with Crippen LogP contribution in [0.25, 0.3) is 0 Å². The second-order valence-corrected chi connectivity index (χ2v) is 5.87. The average Bonchev–Trinajstić information content (AvgIpc) is 3.08. The Balaban J connectivity index is 1.53. The lowest BCUT2D eigenvalue weighted by Crippen LogP contribution is -1.89. The van der Waals surface area contributed by atoms with E-state index in [1.54, 1.807) is 7.11 Å². The number of thioether (sulfide) groups is 1. The van der Waals surface area contributed by atoms with Crippen LogP contribution in [-0.4, -0.2) is 23.1 Å². The molecule has 0 bridgehead atoms. The maximum atomic E-state index is 5.64. The topological polar surface area (TPSA) is 48.2 Å². The lowest BCUT2D eigenvalue weighted by atomic mass is 10.1. The first-order valence-electron chi connectivity index (χ1n) is 7.45. The predicted octanol–water partition coefficient (Wildman–Crippen LogP) is 3.81. The molecule has 0 fully saturated rings. The van der Waals surface area contributed by atoms with Crippen LogP contribution < -0.4 is 4.74 Å². The quantitative estimate of drug-likeness (QED) is 0.524. The van der Waals surface area contributed by atoms with Crippen LogP contribution in [0.3, 0.4) is 0 Å². The smallest absolute Gasteiger partial charge is 0.277 e. The van der Waals surface area contributed by atoms with Gasteiger partial charge in [-0.25, -0.2) is 0 Å². The first kappa shape index (κ1) is 16.2. The van der Waals surface area contributed by atoms with E-state index >= 15 is 0 Å². The zero-order valence-electron chi connectivity index (χ0n) is 13.2. The molecule has 0 N–H and O–H groups in total. The van der Waals surface area contributed by atoms with Crippen molar-refractivity contribution in [2.24, 2.45) is 0 Å². The monoisotopic (exact) mass is 336 g/mol. The maximum absolute atomic E-state index is 5.64. The third kappa shape index (κ3) is 4.64. The zero-order chi connectivity index (χ0) is 16.6. The summed E-state index contributed by atoms with van der Waals surface area (Å²) in [5, 5.41) is 8.66. The molecule has 0 aliphatic carbocycles. The molecule has 5 heteroatoms. The van der Waals surface area contributed by atoms with Gasteiger partial charge in [0.05, 0.1) is 19.3 Å². The van der Waals surface area contributed by atoms with Crippen LogP contribution in [0, 0.1) is 11.8 Å². The van der Waals surface area contributed by atoms with E-state index in [1.807, 2.05) is 54.6 Å². The van der Waals surface area contributed by atoms with Crippen molar-refractivity contribution in [3.8, 4) is 17.6 Å². The molecule has 0 radical (unpaired) electrons. The molecule has 0 amide bonds. The van der Waals surface area contributed by atoms with Gasteiger partial charge in [-0.1, -0.05) is 53.9 Å². The summed E-state index contributed by atoms with van der Waals surface area (Å²) in [7, 11) is 1.65. The van der Waals surface area contributed by atoms with Crippen molar-refractivity contribution in [3.05, 3.63) is 71.6 Å². The van der Waals surface area contributed by atoms with Crippen LogP contribution in [0.4, 0.5) is 0 Å². The molecule has 1 aromatic heterocycles. The summed E-state index contributed by atoms with van der Waals surface area (Å²) in [5.41, 5.74) is 2.10. The summed E-state index contributed by atoms with van der Waals surface area (Å²) < 4.78 is 10.8. The Hall–Kier alpha value is -2.71. The minimum Gasteiger partial charge on any atom is -0.497 e. The Kier molecular flexibility index (Phi) is 5.54. The van der Waals surface area contributed by atoms with Gasteiger partial charge < -0.3 is 9.15 Å². The Morgan fingerprint density at radius 3 is 2.58 bits per heavy atom. The summed E-state index contributed by atoms with van der Waals surface area (Å²) in [6.07, 6.45) is 0.604. The van der Waals surface area contributed by atoms with Gasteiger partial charge in [0.1, 0.15) is 5.75 Å². The summed E-state index contributed by atoms with van der Waals surface area (Å²) in [5.74, 6) is 8.23. The first-order valence-corrected chi connectivity index (χ1v) is 8.44. The fourth-order valence-electron chi connectivity index (χ4n) is 2.04. The van der Waals surface area contributed by atoms with Gasteiger partial charge >= 0.3 is 0 Å². The van der Waals surface area contributed by atoms with Gasteiger partial charge in [-0.05, 0) is 29.8 Å². The van der Waals surface area contributed by atoms with Crippen LogP contribution in [0.5, 0.6) is 5.75 Å². The summed E-state index contributed by atoms with van der Waals surface area (Å²) >= 11 is 1.44. The second-order valence-electron chi connectivity index (χ2n) is 4.94. The Bertz CT molecular complexity index is 833. The third-order valence-electron chi connectivity index (χ3n) is 3.24. The van der Waals surface area contributed by atoms with Gasteiger partial charge in [-0.2, -0.15) is 0 Å². The Labute approximate surface area is 145 Å². The van der Waals surface area contributed by atoms with Crippen LogP contribution in [0.2, 0.25) is 0 Å². The molecule has 4 nitrogen and oxygen atoms in total. The minimum atomic E-state index is 0.542. The van der Waals surface area contributed by atoms with Gasteiger partial charge in [0, 0.05) is 5.56 Å². The molecule has 0 unspecified atom stereocenters. The van der Waals surface area contributed by atoms with E-state index in [1.165, 1.54) is 11.8 Å². The number of hydrogen-bond donors (Lipinski definition) is 0. The fourth-order valence-corrected chi connectivity index (χ4v) is 2.56. The van der Waals surface area contributed by atoms with Crippen LogP contribution in [-0.2, 0) is 6.42 Å². The Morgan fingerprint density at radius 2 is 1.83 bits per heavy atom. The van der Waals surface area contributed by atoms with Gasteiger partial charge in [0.15, 0.2) is 0 Å². The fraction of sp³-hybridized carbons (Fsp3) is 0.158. The molecular weight excluding hydrogens is 320 g/mol. The highest BCUT2D eigenvalue weighted by molar-refractivity contribution is 7.99. The number of aromatic nitrogens is 2. The van der Waals surface area contributed by atoms with Crippen molar-refractivity contribution in [1.82, 2.24) is 10.2 Å². The summed E-state index contributed by atoms with van der Waals surface area (Å²) in [6, 6.07) is 17.7. The number of ether oxygens (including phenoxy) is 1. The van der Waals surface area contributed by atoms with Crippen LogP contribution in [0.15, 0.2) is 64.2 Å². The zero-order valence-corrected chi connectivity index (χ0v) is 14.0. The van der Waals surface area contributed by atoms with E-state index in [0.29, 0.717) is 23.3 Å². The van der Waals surface area contributed by atoms with E-state index < -0.39 is 0 Å². The van der Waals surface area contributed by atoms with Crippen molar-refractivity contribution in [1.29, 1.82) is 0 Å². The van der Waals surface area contributed by atoms with E-state index in [-0.39, 0.29) is 0 Å². The molecule has 3 rings (SSSR count). The Morgan fingerprint density at radius 1 is 1.04 bits per heavy atom. The highest BCUT2D eigenvalue weighted by atomic mass is 32.2. The van der Waals surface area contributed by atoms with Gasteiger partial charge in [-0.3, -0.25) is 0 Å². The highest BCUT2D eigenvalue weighted by Crippen LogP contribution is 2.18. The second kappa shape index (κ2) is 8.23. The number of hydrogen-bond acceptors (Lipinski definition) is 5. The normalized spacial score (nSPS) is 10.0. The van der Waals surface area contributed by atoms with Gasteiger partial charge in [0.25, 0.3) is 5.22 Å². The molecule has 0 saturated carbocycles. The number of nitrogens with zero attached hydrogens (tertiary/aromatic N) is 2. The van der Waals surface area contributed by atoms with Crippen molar-refractivity contribution in [2.75, 3.05) is 12.9 Å². The standard InChI is InChI=1S/C19H16N2O2S/c1-22-17-11-9-16(10-12-17)14-18-20-21-19(23-18)24-13-5-8-15-6-3-2-4-7-15/h2-4,6-7,9-12H,13-14H2,1H3. The molecule has 1 heterocycles. The molecule has 3 aromatic rings. The van der Waals surface area contributed by atoms with Crippen molar-refractivity contribution in [2.45, 2.75) is 11.6 Å². The average molecular weight is 336 g/mol. The van der Waals surface area contributed by atoms with Crippen LogP contribution in [0.1, 0.15) is 17.0 Å². The minimum absolute atomic E-state index is 0.542. The van der Waals surface area contributed by atoms with E-state index in [2.05, 4.69) is 22.0 Å². The van der Waals surface area contributed by atoms with E-state index in [4.69, 9.17) is 9.15 Å². The highest BCUT2D eigenvalue weighted by Gasteiger charge is 2.07. The first-order chi connectivity index (χ1) is 11.8. The van der Waals surface area contributed by atoms with Gasteiger partial charge in [-0.15, -0.1) is 10.2 Å². The summed E-state index contributed by atoms with van der Waals surface area (Å²) in [6.45, 7) is 0. The van der Waals surface area contributed by atoms with Crippen molar-refractivity contribution in [3.63, 3.8) is 0 Å². The number of rotatable bonds is 5. The number of methoxy groups -OCH3 is 1. The van der Waals surface area contributed by atoms with E-state index in [9.17, 15) is 0 Å². The lowest BCUT2D eigenvalue weighted by molar-refractivity contribution is 0.413. The largest absolute Gasteiger partial charge is 0.497 e. The number of benzene rings is 2. The molecule has 2 aromatic carbocycles. The maximum Gasteiger partial charge on any atom is 0.277 e. The molecule has 120 valence electrons. The lowest BCUT2D eigenvalue weighted by Gasteiger charge is -2.00. The van der Waals surface area contributed by atoms with Crippen molar-refractivity contribution >= 4 is 11.8 Å². The predicted molar refractivity (Wildman–Crippen MR) is 94.1 cm³/mol. The molecule has 0 aliphatic heterocycles. The molecule has 0 saturated heterocycles. The molecule has 0 aliphatic rings. The molecule has 0 spiro atoms. The third-order valence-corrected chi connectivity index (χ3v) is 3.94. The van der Waals surface area contributed by atoms with E-state index in [0.717, 1.165) is 16.9 Å². The van der Waals surface area contributed by atoms with Crippen LogP contribution >= 0.6 is 11.8 Å². The van der Waals surface area contributed by atoms with Crippen molar-refractivity contribution < 1.29 is 9.15 Å². The summed E-state index contributed by atoms with van der Waals surface area (Å²) in [4.78, 5) is 0. The molecule has 24 heavy (non-hydrogen) atoms. The molecule has 0 atom stereocenters. The van der Waals surface area contributed by atoms with Gasteiger partial charge in [0.2, 0.25) is 5.89 Å².